The van der Waals surface area contributed by atoms with Crippen LogP contribution >= 0.6 is 0 Å². The van der Waals surface area contributed by atoms with Gasteiger partial charge in [-0.2, -0.15) is 13.2 Å². The van der Waals surface area contributed by atoms with Crippen LogP contribution in [0.1, 0.15) is 23.6 Å². The predicted molar refractivity (Wildman–Crippen MR) is 160 cm³/mol. The number of nitrogens with zero attached hydrogens (tertiary/aromatic N) is 4. The van der Waals surface area contributed by atoms with Gasteiger partial charge < -0.3 is 25.6 Å². The van der Waals surface area contributed by atoms with Gasteiger partial charge in [0.15, 0.2) is 0 Å². The van der Waals surface area contributed by atoms with E-state index in [1.165, 1.54) is 18.3 Å². The zero-order valence-electron chi connectivity index (χ0n) is 23.7. The van der Waals surface area contributed by atoms with Crippen molar-refractivity contribution in [1.29, 1.82) is 0 Å². The Balaban J connectivity index is 1.30. The van der Waals surface area contributed by atoms with Crippen molar-refractivity contribution < 1.29 is 22.9 Å². The average Bonchev–Trinajstić information content (AvgIpc) is 2.97. The smallest absolute Gasteiger partial charge is 0.358 e. The molecule has 12 heteroatoms. The van der Waals surface area contributed by atoms with Gasteiger partial charge in [-0.25, -0.2) is 4.79 Å². The van der Waals surface area contributed by atoms with Gasteiger partial charge in [0.2, 0.25) is 0 Å². The van der Waals surface area contributed by atoms with Crippen LogP contribution in [0.5, 0.6) is 0 Å². The number of nitro groups is 1. The highest BCUT2D eigenvalue weighted by atomic mass is 19.4. The zero-order chi connectivity index (χ0) is 30.7. The maximum Gasteiger partial charge on any atom is 0.416 e. The Morgan fingerprint density at radius 2 is 1.60 bits per heavy atom. The largest absolute Gasteiger partial charge is 0.416 e. The number of fused-ring (bicyclic) bond motifs is 1. The number of pyridine rings is 1. The number of hydrogen-bond acceptors (Lipinski definition) is 6. The second-order valence-corrected chi connectivity index (χ2v) is 10.5. The van der Waals surface area contributed by atoms with Gasteiger partial charge in [0.1, 0.15) is 6.20 Å². The van der Waals surface area contributed by atoms with Crippen LogP contribution < -0.4 is 10.6 Å². The number of anilines is 2. The number of nitrogens with one attached hydrogen (secondary N) is 2. The molecular weight excluding hydrogens is 561 g/mol. The van der Waals surface area contributed by atoms with Crippen LogP contribution in [0.4, 0.5) is 35.2 Å². The Morgan fingerprint density at radius 1 is 0.930 bits per heavy atom. The number of likely N-dealkylation sites (N-methyl/N-ethyl adjacent to an activating group) is 1. The number of aryl methyl sites for hydroxylation is 1. The molecule has 9 nitrogen and oxygen atoms in total. The summed E-state index contributed by atoms with van der Waals surface area (Å²) in [6, 6.07) is 15.3. The maximum atomic E-state index is 14.0. The minimum Gasteiger partial charge on any atom is -0.358 e. The molecule has 1 saturated heterocycles. The molecule has 0 bridgehead atoms. The van der Waals surface area contributed by atoms with Gasteiger partial charge in [0.25, 0.3) is 0 Å². The van der Waals surface area contributed by atoms with Crippen LogP contribution in [0.15, 0.2) is 66.9 Å². The summed E-state index contributed by atoms with van der Waals surface area (Å²) in [5.41, 5.74) is 2.22. The lowest BCUT2D eigenvalue weighted by Gasteiger charge is -2.34. The third-order valence-corrected chi connectivity index (χ3v) is 7.71. The summed E-state index contributed by atoms with van der Waals surface area (Å²) in [6.07, 6.45) is -3.18. The van der Waals surface area contributed by atoms with E-state index in [2.05, 4.69) is 27.4 Å². The van der Waals surface area contributed by atoms with Gasteiger partial charge in [-0.1, -0.05) is 31.2 Å². The van der Waals surface area contributed by atoms with E-state index in [0.717, 1.165) is 42.4 Å². The predicted octanol–water partition coefficient (Wildman–Crippen LogP) is 6.92. The number of halogens is 3. The number of urea groups is 1. The summed E-state index contributed by atoms with van der Waals surface area (Å²) in [7, 11) is 0. The minimum atomic E-state index is -4.57. The normalized spacial score (nSPS) is 14.5. The van der Waals surface area contributed by atoms with Gasteiger partial charge in [0, 0.05) is 49.5 Å². The highest BCUT2D eigenvalue weighted by Crippen LogP contribution is 2.36. The summed E-state index contributed by atoms with van der Waals surface area (Å²) < 4.78 is 41.9. The van der Waals surface area contributed by atoms with Crippen LogP contribution in [0, 0.1) is 17.0 Å². The molecule has 1 aromatic heterocycles. The maximum absolute atomic E-state index is 14.0. The number of hydrogen-bond donors (Lipinski definition) is 2. The second kappa shape index (κ2) is 12.4. The van der Waals surface area contributed by atoms with Crippen LogP contribution in [0.25, 0.3) is 21.9 Å². The quantitative estimate of drug-likeness (QED) is 0.178. The number of rotatable bonds is 7. The molecule has 0 unspecified atom stereocenters. The first kappa shape index (κ1) is 29.9. The first-order valence-corrected chi connectivity index (χ1v) is 13.9. The van der Waals surface area contributed by atoms with Crippen molar-refractivity contribution in [3.8, 4) is 11.1 Å². The number of benzene rings is 3. The molecule has 1 aliphatic heterocycles. The number of alkyl halides is 3. The molecule has 2 heterocycles. The number of aromatic nitrogens is 1. The van der Waals surface area contributed by atoms with E-state index in [1.807, 2.05) is 17.9 Å². The van der Waals surface area contributed by atoms with E-state index < -0.39 is 22.7 Å². The Labute approximate surface area is 246 Å². The lowest BCUT2D eigenvalue weighted by atomic mass is 9.95. The lowest BCUT2D eigenvalue weighted by molar-refractivity contribution is -0.387. The van der Waals surface area contributed by atoms with E-state index in [4.69, 9.17) is 0 Å². The van der Waals surface area contributed by atoms with Crippen molar-refractivity contribution in [3.63, 3.8) is 0 Å². The summed E-state index contributed by atoms with van der Waals surface area (Å²) in [5.74, 6) is -0.233. The molecule has 2 amide bonds. The Bertz CT molecular complexity index is 1670. The average molecular weight is 593 g/mol. The Morgan fingerprint density at radius 3 is 2.26 bits per heavy atom. The molecule has 2 N–H and O–H groups in total. The molecule has 0 aliphatic carbocycles. The highest BCUT2D eigenvalue weighted by molar-refractivity contribution is 6.02. The van der Waals surface area contributed by atoms with Gasteiger partial charge in [0.05, 0.1) is 10.9 Å². The lowest BCUT2D eigenvalue weighted by Crippen LogP contribution is -2.45. The second-order valence-electron chi connectivity index (χ2n) is 10.5. The fourth-order valence-electron chi connectivity index (χ4n) is 5.47. The fourth-order valence-corrected chi connectivity index (χ4v) is 5.47. The molecule has 43 heavy (non-hydrogen) atoms. The van der Waals surface area contributed by atoms with Gasteiger partial charge >= 0.3 is 18.0 Å². The summed E-state index contributed by atoms with van der Waals surface area (Å²) in [4.78, 5) is 31.8. The number of amides is 2. The van der Waals surface area contributed by atoms with E-state index in [1.54, 1.807) is 36.4 Å². The molecule has 0 spiro atoms. The molecule has 0 atom stereocenters. The molecule has 224 valence electrons. The van der Waals surface area contributed by atoms with Crippen molar-refractivity contribution >= 4 is 34.0 Å². The third-order valence-electron chi connectivity index (χ3n) is 7.71. The van der Waals surface area contributed by atoms with Crippen molar-refractivity contribution in [2.24, 2.45) is 0 Å². The zero-order valence-corrected chi connectivity index (χ0v) is 23.7. The monoisotopic (exact) mass is 592 g/mol. The molecule has 1 aliphatic rings. The van der Waals surface area contributed by atoms with E-state index in [9.17, 15) is 28.1 Å². The standard InChI is InChI=1S/C31H31F3N6O3/c1-3-38-13-15-39(16-14-38)19-21-7-8-23(18-28(21)31(32,33)34)37-30(41)36-22-9-10-24(20(2)17-22)25-5-4-6-27-26(25)11-12-35-29(27)40(42)43/h4-12,17-18H,3,13-16,19H2,1-2H3,(H2,36,37,41). The van der Waals surface area contributed by atoms with Crippen molar-refractivity contribution in [2.45, 2.75) is 26.6 Å². The summed E-state index contributed by atoms with van der Waals surface area (Å²) in [5, 5.41) is 17.7. The first-order chi connectivity index (χ1) is 20.5. The molecule has 4 aromatic rings. The molecule has 1 fully saturated rings. The van der Waals surface area contributed by atoms with E-state index in [0.29, 0.717) is 29.5 Å². The van der Waals surface area contributed by atoms with Crippen LogP contribution in [0.2, 0.25) is 0 Å². The minimum absolute atomic E-state index is 0.0312. The Kier molecular flexibility index (Phi) is 8.60. The van der Waals surface area contributed by atoms with Gasteiger partial charge in [-0.05, 0) is 82.0 Å². The topological polar surface area (TPSA) is 104 Å². The van der Waals surface area contributed by atoms with E-state index >= 15 is 0 Å². The van der Waals surface area contributed by atoms with Crippen molar-refractivity contribution in [3.05, 3.63) is 93.7 Å². The molecule has 0 saturated carbocycles. The van der Waals surface area contributed by atoms with E-state index in [-0.39, 0.29) is 23.6 Å². The summed E-state index contributed by atoms with van der Waals surface area (Å²) in [6.45, 7) is 8.04. The fraction of sp³-hybridized carbons (Fsp3) is 0.290. The first-order valence-electron chi connectivity index (χ1n) is 13.9. The van der Waals surface area contributed by atoms with Crippen molar-refractivity contribution in [2.75, 3.05) is 43.4 Å². The van der Waals surface area contributed by atoms with Gasteiger partial charge in [-0.15, -0.1) is 0 Å². The third kappa shape index (κ3) is 6.76. The molecule has 0 radical (unpaired) electrons. The number of piperazine rings is 1. The number of carbonyl (C=O) groups is 1. The number of carbonyl (C=O) groups excluding carboxylic acids is 1. The van der Waals surface area contributed by atoms with Crippen LogP contribution in [-0.2, 0) is 12.7 Å². The molecule has 3 aromatic carbocycles. The molecular formula is C31H31F3N6O3. The highest BCUT2D eigenvalue weighted by Gasteiger charge is 2.34. The van der Waals surface area contributed by atoms with Crippen molar-refractivity contribution in [1.82, 2.24) is 14.8 Å². The van der Waals surface area contributed by atoms with Crippen LogP contribution in [-0.4, -0.2) is 58.5 Å². The van der Waals surface area contributed by atoms with Gasteiger partial charge in [-0.3, -0.25) is 4.90 Å². The SMILES string of the molecule is CCN1CCN(Cc2ccc(NC(=O)Nc3ccc(-c4cccc5c([N+](=O)[O-])nccc45)c(C)c3)cc2C(F)(F)F)CC1. The Hall–Kier alpha value is -4.55. The van der Waals surface area contributed by atoms with Crippen LogP contribution in [0.3, 0.4) is 0 Å². The molecule has 5 rings (SSSR count). The summed E-state index contributed by atoms with van der Waals surface area (Å²) >= 11 is 0.